The number of likely N-dealkylation sites (tertiary alicyclic amines) is 2. The van der Waals surface area contributed by atoms with Gasteiger partial charge >= 0.3 is 0 Å². The minimum Gasteiger partial charge on any atom is -0.497 e. The fourth-order valence-corrected chi connectivity index (χ4v) is 5.65. The summed E-state index contributed by atoms with van der Waals surface area (Å²) in [5.41, 5.74) is 2.92. The van der Waals surface area contributed by atoms with Crippen molar-refractivity contribution in [2.24, 2.45) is 5.41 Å². The number of ether oxygens (including phenoxy) is 1. The Labute approximate surface area is 198 Å². The van der Waals surface area contributed by atoms with Crippen molar-refractivity contribution < 1.29 is 9.53 Å². The van der Waals surface area contributed by atoms with E-state index in [0.717, 1.165) is 68.4 Å². The summed E-state index contributed by atoms with van der Waals surface area (Å²) >= 11 is 5.71. The van der Waals surface area contributed by atoms with E-state index >= 15 is 0 Å². The lowest BCUT2D eigenvalue weighted by atomic mass is 9.77. The summed E-state index contributed by atoms with van der Waals surface area (Å²) in [7, 11) is 1.66. The third kappa shape index (κ3) is 5.83. The van der Waals surface area contributed by atoms with Crippen LogP contribution in [0.5, 0.6) is 5.75 Å². The van der Waals surface area contributed by atoms with Crippen molar-refractivity contribution in [3.63, 3.8) is 0 Å². The van der Waals surface area contributed by atoms with Gasteiger partial charge in [0.1, 0.15) is 5.75 Å². The Morgan fingerprint density at radius 3 is 2.66 bits per heavy atom. The standard InChI is InChI=1S/C26H37N3O2S/c1-31-23-9-5-8-22(18-23)19-24(30)28-15-11-26(12-16-28)13-17-29(20-26)25(32)27-14-10-21-6-3-2-4-7-21/h5-6,8-9,18H,2-4,7,10-17,19-20H2,1H3,(H,27,32). The molecule has 0 radical (unpaired) electrons. The lowest BCUT2D eigenvalue weighted by molar-refractivity contribution is -0.132. The van der Waals surface area contributed by atoms with Gasteiger partial charge in [-0.25, -0.2) is 0 Å². The Morgan fingerprint density at radius 2 is 1.94 bits per heavy atom. The van der Waals surface area contributed by atoms with Gasteiger partial charge in [-0.3, -0.25) is 4.79 Å². The number of carbonyl (C=O) groups is 1. The number of benzene rings is 1. The third-order valence-corrected chi connectivity index (χ3v) is 7.90. The van der Waals surface area contributed by atoms with Gasteiger partial charge in [0.2, 0.25) is 5.91 Å². The average Bonchev–Trinajstić information content (AvgIpc) is 3.24. The molecule has 1 spiro atoms. The number of hydrogen-bond donors (Lipinski definition) is 1. The number of allylic oxidation sites excluding steroid dienone is 1. The number of thiocarbonyl (C=S) groups is 1. The predicted molar refractivity (Wildman–Crippen MR) is 133 cm³/mol. The highest BCUT2D eigenvalue weighted by Crippen LogP contribution is 2.40. The Balaban J connectivity index is 1.20. The van der Waals surface area contributed by atoms with Crippen molar-refractivity contribution in [2.45, 2.75) is 57.8 Å². The zero-order valence-corrected chi connectivity index (χ0v) is 20.2. The second-order valence-corrected chi connectivity index (χ2v) is 10.1. The molecular weight excluding hydrogens is 418 g/mol. The lowest BCUT2D eigenvalue weighted by Gasteiger charge is -2.39. The van der Waals surface area contributed by atoms with Crippen LogP contribution >= 0.6 is 12.2 Å². The summed E-state index contributed by atoms with van der Waals surface area (Å²) in [5.74, 6) is 1.02. The Bertz CT molecular complexity index is 845. The largest absolute Gasteiger partial charge is 0.497 e. The van der Waals surface area contributed by atoms with E-state index in [1.165, 1.54) is 32.1 Å². The minimum absolute atomic E-state index is 0.220. The number of nitrogens with zero attached hydrogens (tertiary/aromatic N) is 2. The molecule has 0 saturated carbocycles. The maximum absolute atomic E-state index is 12.8. The second kappa shape index (κ2) is 10.7. The van der Waals surface area contributed by atoms with Crippen LogP contribution in [0.15, 0.2) is 35.9 Å². The monoisotopic (exact) mass is 455 g/mol. The topological polar surface area (TPSA) is 44.8 Å². The molecular formula is C26H37N3O2S. The van der Waals surface area contributed by atoms with E-state index in [1.54, 1.807) is 12.7 Å². The summed E-state index contributed by atoms with van der Waals surface area (Å²) in [6, 6.07) is 7.82. The van der Waals surface area contributed by atoms with E-state index in [2.05, 4.69) is 16.3 Å². The SMILES string of the molecule is COc1cccc(CC(=O)N2CCC3(CC2)CCN(C(=S)NCCC2=CCCCC2)C3)c1. The van der Waals surface area contributed by atoms with Crippen molar-refractivity contribution in [1.82, 2.24) is 15.1 Å². The molecule has 0 unspecified atom stereocenters. The summed E-state index contributed by atoms with van der Waals surface area (Å²) in [6.07, 6.45) is 12.5. The number of nitrogens with one attached hydrogen (secondary N) is 1. The van der Waals surface area contributed by atoms with E-state index in [9.17, 15) is 4.79 Å². The van der Waals surface area contributed by atoms with Crippen LogP contribution in [0.25, 0.3) is 0 Å². The molecule has 1 N–H and O–H groups in total. The van der Waals surface area contributed by atoms with E-state index in [1.807, 2.05) is 29.2 Å². The molecule has 1 aliphatic carbocycles. The number of methoxy groups -OCH3 is 1. The fourth-order valence-electron chi connectivity index (χ4n) is 5.39. The summed E-state index contributed by atoms with van der Waals surface area (Å²) < 4.78 is 5.28. The Morgan fingerprint density at radius 1 is 1.16 bits per heavy atom. The van der Waals surface area contributed by atoms with Crippen LogP contribution in [0, 0.1) is 5.41 Å². The summed E-state index contributed by atoms with van der Waals surface area (Å²) in [6.45, 7) is 4.71. The molecule has 32 heavy (non-hydrogen) atoms. The molecule has 2 fully saturated rings. The summed E-state index contributed by atoms with van der Waals surface area (Å²) in [4.78, 5) is 17.2. The number of piperidine rings is 1. The van der Waals surface area contributed by atoms with Crippen molar-refractivity contribution >= 4 is 23.2 Å². The van der Waals surface area contributed by atoms with Crippen molar-refractivity contribution in [3.8, 4) is 5.75 Å². The molecule has 5 nitrogen and oxygen atoms in total. The predicted octanol–water partition coefficient (Wildman–Crippen LogP) is 4.32. The highest BCUT2D eigenvalue weighted by molar-refractivity contribution is 7.80. The zero-order valence-electron chi connectivity index (χ0n) is 19.4. The molecule has 2 heterocycles. The first-order chi connectivity index (χ1) is 15.6. The molecule has 0 aromatic heterocycles. The molecule has 0 bridgehead atoms. The van der Waals surface area contributed by atoms with Crippen molar-refractivity contribution in [3.05, 3.63) is 41.5 Å². The molecule has 4 rings (SSSR count). The van der Waals surface area contributed by atoms with E-state index < -0.39 is 0 Å². The van der Waals surface area contributed by atoms with Gasteiger partial charge in [0.05, 0.1) is 13.5 Å². The first-order valence-electron chi connectivity index (χ1n) is 12.2. The smallest absolute Gasteiger partial charge is 0.226 e. The van der Waals surface area contributed by atoms with Gasteiger partial charge in [0.25, 0.3) is 0 Å². The van der Waals surface area contributed by atoms with Crippen LogP contribution in [0.4, 0.5) is 0 Å². The van der Waals surface area contributed by atoms with Gasteiger partial charge in [-0.15, -0.1) is 0 Å². The van der Waals surface area contributed by atoms with Crippen LogP contribution < -0.4 is 10.1 Å². The van der Waals surface area contributed by atoms with Crippen molar-refractivity contribution in [1.29, 1.82) is 0 Å². The highest BCUT2D eigenvalue weighted by atomic mass is 32.1. The quantitative estimate of drug-likeness (QED) is 0.511. The second-order valence-electron chi connectivity index (χ2n) is 9.67. The van der Waals surface area contributed by atoms with Gasteiger partial charge < -0.3 is 19.9 Å². The first-order valence-corrected chi connectivity index (χ1v) is 12.6. The highest BCUT2D eigenvalue weighted by Gasteiger charge is 2.41. The molecule has 1 amide bonds. The average molecular weight is 456 g/mol. The molecule has 0 atom stereocenters. The molecule has 1 aromatic rings. The number of hydrogen-bond acceptors (Lipinski definition) is 3. The van der Waals surface area contributed by atoms with E-state index in [-0.39, 0.29) is 5.91 Å². The van der Waals surface area contributed by atoms with Crippen LogP contribution in [0.1, 0.15) is 56.9 Å². The molecule has 1 aromatic carbocycles. The van der Waals surface area contributed by atoms with Gasteiger partial charge in [-0.05, 0) is 86.7 Å². The van der Waals surface area contributed by atoms with Gasteiger partial charge in [0.15, 0.2) is 5.11 Å². The maximum atomic E-state index is 12.8. The van der Waals surface area contributed by atoms with Crippen molar-refractivity contribution in [2.75, 3.05) is 39.8 Å². The molecule has 174 valence electrons. The summed E-state index contributed by atoms with van der Waals surface area (Å²) in [5, 5.41) is 4.41. The third-order valence-electron chi connectivity index (χ3n) is 7.50. The molecule has 2 aliphatic heterocycles. The Hall–Kier alpha value is -2.08. The van der Waals surface area contributed by atoms with Crippen LogP contribution in [0.2, 0.25) is 0 Å². The van der Waals surface area contributed by atoms with Gasteiger partial charge in [-0.1, -0.05) is 23.8 Å². The number of rotatable bonds is 6. The lowest BCUT2D eigenvalue weighted by Crippen LogP contribution is -2.46. The minimum atomic E-state index is 0.220. The van der Waals surface area contributed by atoms with Crippen LogP contribution in [0.3, 0.4) is 0 Å². The molecule has 6 heteroatoms. The number of carbonyl (C=O) groups excluding carboxylic acids is 1. The molecule has 2 saturated heterocycles. The zero-order chi connectivity index (χ0) is 22.4. The maximum Gasteiger partial charge on any atom is 0.226 e. The van der Waals surface area contributed by atoms with Crippen LogP contribution in [-0.4, -0.2) is 60.7 Å². The normalized spacial score (nSPS) is 20.2. The van der Waals surface area contributed by atoms with Gasteiger partial charge in [-0.2, -0.15) is 0 Å². The fraction of sp³-hybridized carbons (Fsp3) is 0.615. The molecule has 3 aliphatic rings. The van der Waals surface area contributed by atoms with E-state index in [4.69, 9.17) is 17.0 Å². The van der Waals surface area contributed by atoms with Crippen LogP contribution in [-0.2, 0) is 11.2 Å². The Kier molecular flexibility index (Phi) is 7.71. The number of amides is 1. The van der Waals surface area contributed by atoms with E-state index in [0.29, 0.717) is 11.8 Å². The van der Waals surface area contributed by atoms with Gasteiger partial charge in [0, 0.05) is 32.7 Å². The first kappa shape index (κ1) is 23.1.